The zero-order valence-electron chi connectivity index (χ0n) is 9.17. The summed E-state index contributed by atoms with van der Waals surface area (Å²) in [5, 5.41) is 0. The van der Waals surface area contributed by atoms with E-state index < -0.39 is 0 Å². The van der Waals surface area contributed by atoms with Crippen molar-refractivity contribution in [2.75, 3.05) is 13.1 Å². The number of amides is 1. The van der Waals surface area contributed by atoms with E-state index >= 15 is 0 Å². The van der Waals surface area contributed by atoms with Crippen LogP contribution in [-0.4, -0.2) is 33.9 Å². The van der Waals surface area contributed by atoms with Gasteiger partial charge in [-0.15, -0.1) is 0 Å². The molecule has 5 nitrogen and oxygen atoms in total. The number of aromatic nitrogens is 2. The Balaban J connectivity index is 2.13. The van der Waals surface area contributed by atoms with Crippen LogP contribution in [0.4, 0.5) is 0 Å². The molecule has 1 fully saturated rings. The van der Waals surface area contributed by atoms with Crippen LogP contribution in [0.25, 0.3) is 0 Å². The molecule has 1 unspecified atom stereocenters. The molecule has 0 spiro atoms. The van der Waals surface area contributed by atoms with E-state index in [0.29, 0.717) is 6.54 Å². The van der Waals surface area contributed by atoms with Gasteiger partial charge in [-0.05, 0) is 19.4 Å². The zero-order valence-corrected chi connectivity index (χ0v) is 9.17. The lowest BCUT2D eigenvalue weighted by atomic mass is 9.99. The van der Waals surface area contributed by atoms with Crippen molar-refractivity contribution in [2.24, 2.45) is 5.73 Å². The van der Waals surface area contributed by atoms with Gasteiger partial charge in [0.05, 0.1) is 18.3 Å². The molecule has 0 radical (unpaired) electrons. The van der Waals surface area contributed by atoms with Gasteiger partial charge in [0, 0.05) is 18.6 Å². The van der Waals surface area contributed by atoms with Crippen LogP contribution in [-0.2, 0) is 4.79 Å². The molecule has 16 heavy (non-hydrogen) atoms. The first-order valence-corrected chi connectivity index (χ1v) is 5.55. The molecule has 0 saturated carbocycles. The lowest BCUT2D eigenvalue weighted by Gasteiger charge is -2.34. The van der Waals surface area contributed by atoms with E-state index in [4.69, 9.17) is 5.73 Å². The number of hydrogen-bond acceptors (Lipinski definition) is 4. The van der Waals surface area contributed by atoms with Gasteiger partial charge in [0.25, 0.3) is 0 Å². The summed E-state index contributed by atoms with van der Waals surface area (Å²) >= 11 is 0. The largest absolute Gasteiger partial charge is 0.369 e. The number of carbonyl (C=O) groups is 1. The highest BCUT2D eigenvalue weighted by molar-refractivity contribution is 5.76. The average Bonchev–Trinajstić information content (AvgIpc) is 2.30. The first-order chi connectivity index (χ1) is 7.77. The number of nitrogens with zero attached hydrogens (tertiary/aromatic N) is 3. The number of hydrogen-bond donors (Lipinski definition) is 1. The maximum Gasteiger partial charge on any atom is 0.231 e. The van der Waals surface area contributed by atoms with Crippen molar-refractivity contribution in [2.45, 2.75) is 25.3 Å². The van der Waals surface area contributed by atoms with E-state index in [-0.39, 0.29) is 11.9 Å². The van der Waals surface area contributed by atoms with Crippen molar-refractivity contribution in [3.05, 3.63) is 24.3 Å². The molecule has 5 heteroatoms. The third-order valence-corrected chi connectivity index (χ3v) is 2.90. The van der Waals surface area contributed by atoms with Gasteiger partial charge < -0.3 is 5.73 Å². The number of primary amides is 1. The van der Waals surface area contributed by atoms with Gasteiger partial charge >= 0.3 is 0 Å². The number of nitrogens with two attached hydrogens (primary N) is 1. The fourth-order valence-corrected chi connectivity index (χ4v) is 2.20. The maximum atomic E-state index is 11.0. The van der Waals surface area contributed by atoms with E-state index in [1.54, 1.807) is 18.6 Å². The molecule has 86 valence electrons. The van der Waals surface area contributed by atoms with Crippen molar-refractivity contribution in [1.29, 1.82) is 0 Å². The van der Waals surface area contributed by atoms with Crippen LogP contribution in [0.5, 0.6) is 0 Å². The molecule has 2 heterocycles. The monoisotopic (exact) mass is 220 g/mol. The lowest BCUT2D eigenvalue weighted by molar-refractivity contribution is -0.120. The van der Waals surface area contributed by atoms with Gasteiger partial charge in [0.15, 0.2) is 0 Å². The summed E-state index contributed by atoms with van der Waals surface area (Å²) in [5.41, 5.74) is 6.18. The molecule has 2 N–H and O–H groups in total. The first-order valence-electron chi connectivity index (χ1n) is 5.55. The first kappa shape index (κ1) is 11.0. The molecule has 1 aliphatic rings. The highest BCUT2D eigenvalue weighted by Gasteiger charge is 2.25. The Morgan fingerprint density at radius 1 is 1.50 bits per heavy atom. The molecular weight excluding hydrogens is 204 g/mol. The Labute approximate surface area is 94.7 Å². The molecule has 1 aliphatic heterocycles. The van der Waals surface area contributed by atoms with E-state index in [0.717, 1.165) is 31.5 Å². The van der Waals surface area contributed by atoms with Gasteiger partial charge in [0.1, 0.15) is 0 Å². The number of likely N-dealkylation sites (tertiary alicyclic amines) is 1. The maximum absolute atomic E-state index is 11.0. The number of carbonyl (C=O) groups excluding carboxylic acids is 1. The van der Waals surface area contributed by atoms with E-state index in [2.05, 4.69) is 14.9 Å². The summed E-state index contributed by atoms with van der Waals surface area (Å²) in [6.45, 7) is 1.21. The second kappa shape index (κ2) is 5.03. The number of piperidine rings is 1. The van der Waals surface area contributed by atoms with Crippen molar-refractivity contribution in [3.8, 4) is 0 Å². The fourth-order valence-electron chi connectivity index (χ4n) is 2.20. The summed E-state index contributed by atoms with van der Waals surface area (Å²) < 4.78 is 0. The predicted octanol–water partition coefficient (Wildman–Crippen LogP) is 0.489. The summed E-state index contributed by atoms with van der Waals surface area (Å²) in [4.78, 5) is 21.5. The molecule has 0 aromatic carbocycles. The van der Waals surface area contributed by atoms with Crippen LogP contribution in [0.15, 0.2) is 18.6 Å². The zero-order chi connectivity index (χ0) is 11.4. The topological polar surface area (TPSA) is 72.1 Å². The van der Waals surface area contributed by atoms with Crippen molar-refractivity contribution < 1.29 is 4.79 Å². The minimum Gasteiger partial charge on any atom is -0.369 e. The normalized spacial score (nSPS) is 21.9. The minimum absolute atomic E-state index is 0.190. The minimum atomic E-state index is -0.282. The smallest absolute Gasteiger partial charge is 0.231 e. The SMILES string of the molecule is NC(=O)CN1CCCCC1c1cnccn1. The third kappa shape index (κ3) is 2.55. The molecule has 1 aromatic heterocycles. The molecule has 0 bridgehead atoms. The second-order valence-corrected chi connectivity index (χ2v) is 4.08. The van der Waals surface area contributed by atoms with Gasteiger partial charge in [-0.25, -0.2) is 0 Å². The van der Waals surface area contributed by atoms with Crippen molar-refractivity contribution in [3.63, 3.8) is 0 Å². The summed E-state index contributed by atoms with van der Waals surface area (Å²) in [7, 11) is 0. The van der Waals surface area contributed by atoms with Crippen molar-refractivity contribution >= 4 is 5.91 Å². The van der Waals surface area contributed by atoms with Gasteiger partial charge in [-0.3, -0.25) is 19.7 Å². The Hall–Kier alpha value is -1.49. The quantitative estimate of drug-likeness (QED) is 0.804. The highest BCUT2D eigenvalue weighted by Crippen LogP contribution is 2.28. The van der Waals surface area contributed by atoms with E-state index in [1.807, 2.05) is 0 Å². The molecule has 1 atom stereocenters. The second-order valence-electron chi connectivity index (χ2n) is 4.08. The summed E-state index contributed by atoms with van der Waals surface area (Å²) in [6.07, 6.45) is 8.41. The Bertz CT molecular complexity index is 354. The van der Waals surface area contributed by atoms with Crippen LogP contribution in [0, 0.1) is 0 Å². The molecule has 2 rings (SSSR count). The standard InChI is InChI=1S/C11H16N4O/c12-11(16)8-15-6-2-1-3-10(15)9-7-13-4-5-14-9/h4-5,7,10H,1-3,6,8H2,(H2,12,16). The summed E-state index contributed by atoms with van der Waals surface area (Å²) in [6, 6.07) is 0.190. The Kier molecular flexibility index (Phi) is 3.46. The molecule has 1 aromatic rings. The summed E-state index contributed by atoms with van der Waals surface area (Å²) in [5.74, 6) is -0.282. The van der Waals surface area contributed by atoms with Crippen LogP contribution in [0.3, 0.4) is 0 Å². The van der Waals surface area contributed by atoms with Crippen LogP contribution in [0.1, 0.15) is 31.0 Å². The third-order valence-electron chi connectivity index (χ3n) is 2.90. The predicted molar refractivity (Wildman–Crippen MR) is 59.4 cm³/mol. The Morgan fingerprint density at radius 2 is 2.38 bits per heavy atom. The van der Waals surface area contributed by atoms with Crippen LogP contribution in [0.2, 0.25) is 0 Å². The van der Waals surface area contributed by atoms with E-state index in [1.165, 1.54) is 0 Å². The number of rotatable bonds is 3. The molecule has 0 aliphatic carbocycles. The van der Waals surface area contributed by atoms with E-state index in [9.17, 15) is 4.79 Å². The van der Waals surface area contributed by atoms with Gasteiger partial charge in [-0.1, -0.05) is 6.42 Å². The van der Waals surface area contributed by atoms with Crippen LogP contribution < -0.4 is 5.73 Å². The van der Waals surface area contributed by atoms with Crippen LogP contribution >= 0.6 is 0 Å². The van der Waals surface area contributed by atoms with Crippen molar-refractivity contribution in [1.82, 2.24) is 14.9 Å². The fraction of sp³-hybridized carbons (Fsp3) is 0.545. The molecule has 1 saturated heterocycles. The average molecular weight is 220 g/mol. The van der Waals surface area contributed by atoms with Gasteiger partial charge in [-0.2, -0.15) is 0 Å². The Morgan fingerprint density at radius 3 is 3.06 bits per heavy atom. The highest BCUT2D eigenvalue weighted by atomic mass is 16.1. The molecule has 1 amide bonds. The molecular formula is C11H16N4O. The van der Waals surface area contributed by atoms with Gasteiger partial charge in [0.2, 0.25) is 5.91 Å². The lowest BCUT2D eigenvalue weighted by Crippen LogP contribution is -2.39.